The third-order valence-corrected chi connectivity index (χ3v) is 4.59. The number of aromatic hydroxyl groups is 1. The van der Waals surface area contributed by atoms with E-state index in [-0.39, 0.29) is 17.4 Å². The summed E-state index contributed by atoms with van der Waals surface area (Å²) >= 11 is 0. The number of ether oxygens (including phenoxy) is 2. The van der Waals surface area contributed by atoms with Crippen LogP contribution < -0.4 is 14.8 Å². The summed E-state index contributed by atoms with van der Waals surface area (Å²) in [6.45, 7) is 3.99. The Balaban J connectivity index is 2.38. The molecule has 0 saturated carbocycles. The number of phenols is 1. The van der Waals surface area contributed by atoms with Gasteiger partial charge in [0.15, 0.2) is 11.5 Å². The average Bonchev–Trinajstić information content (AvgIpc) is 2.62. The predicted molar refractivity (Wildman–Crippen MR) is 106 cm³/mol. The zero-order valence-corrected chi connectivity index (χ0v) is 16.8. The number of phenolic OH excluding ortho intramolecular Hbond substituents is 1. The number of carbonyl (C=O) groups excluding carboxylic acids is 1. The van der Waals surface area contributed by atoms with E-state index in [2.05, 4.69) is 12.2 Å². The molecule has 0 unspecified atom stereocenters. The lowest BCUT2D eigenvalue weighted by Crippen LogP contribution is -2.12. The second-order valence-electron chi connectivity index (χ2n) is 6.78. The Morgan fingerprint density at radius 3 is 2.04 bits per heavy atom. The second kappa shape index (κ2) is 12.4. The largest absolute Gasteiger partial charge is 0.504 e. The first-order valence-corrected chi connectivity index (χ1v) is 9.79. The van der Waals surface area contributed by atoms with E-state index < -0.39 is 0 Å². The fourth-order valence-corrected chi connectivity index (χ4v) is 3.05. The number of anilines is 1. The van der Waals surface area contributed by atoms with Gasteiger partial charge in [-0.25, -0.2) is 0 Å². The molecule has 26 heavy (non-hydrogen) atoms. The van der Waals surface area contributed by atoms with Gasteiger partial charge < -0.3 is 19.9 Å². The van der Waals surface area contributed by atoms with Crippen molar-refractivity contribution >= 4 is 11.6 Å². The Kier molecular flexibility index (Phi) is 10.6. The number of benzene rings is 1. The van der Waals surface area contributed by atoms with E-state index in [9.17, 15) is 9.90 Å². The molecule has 0 fully saturated rings. The number of hydrogen-bond acceptors (Lipinski definition) is 4. The highest BCUT2D eigenvalue weighted by Gasteiger charge is 2.18. The highest BCUT2D eigenvalue weighted by atomic mass is 16.5. The van der Waals surface area contributed by atoms with E-state index in [4.69, 9.17) is 9.47 Å². The van der Waals surface area contributed by atoms with Crippen molar-refractivity contribution in [3.63, 3.8) is 0 Å². The molecular formula is C21H35NO4. The minimum atomic E-state index is -0.0432. The monoisotopic (exact) mass is 365 g/mol. The first-order chi connectivity index (χ1) is 12.5. The molecule has 0 saturated heterocycles. The van der Waals surface area contributed by atoms with E-state index in [1.165, 1.54) is 59.2 Å². The highest BCUT2D eigenvalue weighted by Crippen LogP contribution is 2.44. The molecule has 2 N–H and O–H groups in total. The summed E-state index contributed by atoms with van der Waals surface area (Å²) in [6, 6.07) is 1.70. The number of amides is 1. The molecule has 0 radical (unpaired) electrons. The summed E-state index contributed by atoms with van der Waals surface area (Å²) in [5.74, 6) is 0.571. The lowest BCUT2D eigenvalue weighted by Gasteiger charge is -2.16. The number of nitrogens with one attached hydrogen (secondary N) is 1. The van der Waals surface area contributed by atoms with Gasteiger partial charge in [0.25, 0.3) is 0 Å². The van der Waals surface area contributed by atoms with E-state index >= 15 is 0 Å². The van der Waals surface area contributed by atoms with Crippen molar-refractivity contribution in [1.82, 2.24) is 0 Å². The first kappa shape index (κ1) is 22.1. The molecule has 0 aliphatic carbocycles. The number of aryl methyl sites for hydroxylation is 1. The van der Waals surface area contributed by atoms with Crippen LogP contribution in [0.4, 0.5) is 5.69 Å². The van der Waals surface area contributed by atoms with Gasteiger partial charge in [-0.1, -0.05) is 58.3 Å². The first-order valence-electron chi connectivity index (χ1n) is 9.79. The molecule has 148 valence electrons. The Morgan fingerprint density at radius 2 is 1.50 bits per heavy atom. The van der Waals surface area contributed by atoms with Crippen LogP contribution in [0.3, 0.4) is 0 Å². The standard InChI is InChI=1S/C21H35NO4/c1-5-6-7-8-9-10-11-12-13-14-18(23)22-17-15-16(2)19(24)21(26-4)20(17)25-3/h15,24H,5-14H2,1-4H3,(H,22,23). The minimum Gasteiger partial charge on any atom is -0.504 e. The van der Waals surface area contributed by atoms with Gasteiger partial charge in [-0.05, 0) is 25.0 Å². The van der Waals surface area contributed by atoms with Crippen molar-refractivity contribution < 1.29 is 19.4 Å². The van der Waals surface area contributed by atoms with Gasteiger partial charge in [0.1, 0.15) is 0 Å². The summed E-state index contributed by atoms with van der Waals surface area (Å²) in [5.41, 5.74) is 1.15. The zero-order valence-electron chi connectivity index (χ0n) is 16.8. The SMILES string of the molecule is CCCCCCCCCCCC(=O)Nc1cc(C)c(O)c(OC)c1OC. The van der Waals surface area contributed by atoms with Gasteiger partial charge in [0.05, 0.1) is 19.9 Å². The number of carbonyl (C=O) groups is 1. The number of hydrogen-bond donors (Lipinski definition) is 2. The summed E-state index contributed by atoms with van der Waals surface area (Å²) in [4.78, 5) is 12.2. The molecule has 1 aromatic rings. The molecule has 0 atom stereocenters. The molecule has 0 spiro atoms. The summed E-state index contributed by atoms with van der Waals surface area (Å²) in [7, 11) is 2.95. The maximum absolute atomic E-state index is 12.2. The minimum absolute atomic E-state index is 0.0290. The van der Waals surface area contributed by atoms with Crippen molar-refractivity contribution in [2.45, 2.75) is 78.1 Å². The van der Waals surface area contributed by atoms with Crippen LogP contribution in [-0.2, 0) is 4.79 Å². The van der Waals surface area contributed by atoms with Gasteiger partial charge in [-0.15, -0.1) is 0 Å². The molecular weight excluding hydrogens is 330 g/mol. The lowest BCUT2D eigenvalue weighted by atomic mass is 10.1. The number of rotatable bonds is 13. The maximum Gasteiger partial charge on any atom is 0.224 e. The summed E-state index contributed by atoms with van der Waals surface area (Å²) in [6.07, 6.45) is 11.5. The highest BCUT2D eigenvalue weighted by molar-refractivity contribution is 5.93. The quantitative estimate of drug-likeness (QED) is 0.354. The molecule has 5 nitrogen and oxygen atoms in total. The van der Waals surface area contributed by atoms with Crippen molar-refractivity contribution in [3.05, 3.63) is 11.6 Å². The van der Waals surface area contributed by atoms with Crippen molar-refractivity contribution in [3.8, 4) is 17.2 Å². The topological polar surface area (TPSA) is 67.8 Å². The third-order valence-electron chi connectivity index (χ3n) is 4.59. The van der Waals surface area contributed by atoms with Crippen LogP contribution in [0.5, 0.6) is 17.2 Å². The van der Waals surface area contributed by atoms with E-state index in [0.717, 1.165) is 12.8 Å². The molecule has 0 aromatic heterocycles. The molecule has 0 aliphatic rings. The van der Waals surface area contributed by atoms with Gasteiger partial charge in [-0.2, -0.15) is 0 Å². The van der Waals surface area contributed by atoms with E-state index in [0.29, 0.717) is 23.4 Å². The summed E-state index contributed by atoms with van der Waals surface area (Å²) in [5, 5.41) is 12.9. The fourth-order valence-electron chi connectivity index (χ4n) is 3.05. The van der Waals surface area contributed by atoms with Crippen LogP contribution in [0.15, 0.2) is 6.07 Å². The van der Waals surface area contributed by atoms with E-state index in [1.54, 1.807) is 13.0 Å². The van der Waals surface area contributed by atoms with Crippen molar-refractivity contribution in [2.24, 2.45) is 0 Å². The molecule has 0 heterocycles. The molecule has 1 amide bonds. The molecule has 1 rings (SSSR count). The second-order valence-corrected chi connectivity index (χ2v) is 6.78. The van der Waals surface area contributed by atoms with Crippen LogP contribution in [-0.4, -0.2) is 25.2 Å². The maximum atomic E-state index is 12.2. The molecule has 0 bridgehead atoms. The van der Waals surface area contributed by atoms with Gasteiger partial charge in [0.2, 0.25) is 11.7 Å². The lowest BCUT2D eigenvalue weighted by molar-refractivity contribution is -0.116. The van der Waals surface area contributed by atoms with Gasteiger partial charge in [0, 0.05) is 6.42 Å². The van der Waals surface area contributed by atoms with Crippen molar-refractivity contribution in [2.75, 3.05) is 19.5 Å². The van der Waals surface area contributed by atoms with Crippen LogP contribution in [0, 0.1) is 6.92 Å². The van der Waals surface area contributed by atoms with Gasteiger partial charge in [-0.3, -0.25) is 4.79 Å². The Morgan fingerprint density at radius 1 is 0.962 bits per heavy atom. The van der Waals surface area contributed by atoms with Crippen LogP contribution >= 0.6 is 0 Å². The Hall–Kier alpha value is -1.91. The smallest absolute Gasteiger partial charge is 0.224 e. The molecule has 5 heteroatoms. The van der Waals surface area contributed by atoms with Crippen LogP contribution in [0.25, 0.3) is 0 Å². The van der Waals surface area contributed by atoms with Crippen molar-refractivity contribution in [1.29, 1.82) is 0 Å². The Labute approximate surface area is 158 Å². The van der Waals surface area contributed by atoms with Crippen LogP contribution in [0.2, 0.25) is 0 Å². The van der Waals surface area contributed by atoms with Gasteiger partial charge >= 0.3 is 0 Å². The van der Waals surface area contributed by atoms with E-state index in [1.807, 2.05) is 0 Å². The predicted octanol–water partition coefficient (Wildman–Crippen LogP) is 5.58. The average molecular weight is 366 g/mol. The number of unbranched alkanes of at least 4 members (excludes halogenated alkanes) is 8. The summed E-state index contributed by atoms with van der Waals surface area (Å²) < 4.78 is 10.5. The normalized spacial score (nSPS) is 10.6. The molecule has 0 aliphatic heterocycles. The zero-order chi connectivity index (χ0) is 19.4. The third kappa shape index (κ3) is 7.14. The fraction of sp³-hybridized carbons (Fsp3) is 0.667. The van der Waals surface area contributed by atoms with Crippen LogP contribution in [0.1, 0.15) is 76.7 Å². The molecule has 1 aromatic carbocycles. The number of methoxy groups -OCH3 is 2. The Bertz CT molecular complexity index is 557.